The molecule has 0 aliphatic carbocycles. The standard InChI is InChI=1S/C25H28N8O/c1-3-19-6-8-20(9-7-19)25(10-11-26)16-31(17-25)22-5-4-12-33-23(22)29-24(30-33)28-21-13-27-32(15-21)14-18(2)34/h4-9,12,15,27H,3,10,13-14,16-17H2,1-2H3,(H,28,30). The van der Waals surface area contributed by atoms with E-state index in [1.165, 1.54) is 11.1 Å². The van der Waals surface area contributed by atoms with Crippen LogP contribution in [0.3, 0.4) is 0 Å². The van der Waals surface area contributed by atoms with Crippen molar-refractivity contribution in [3.63, 3.8) is 0 Å². The average Bonchev–Trinajstić information content (AvgIpc) is 3.42. The van der Waals surface area contributed by atoms with Crippen LogP contribution in [0.1, 0.15) is 31.4 Å². The lowest BCUT2D eigenvalue weighted by atomic mass is 9.71. The van der Waals surface area contributed by atoms with Crippen LogP contribution in [0.2, 0.25) is 0 Å². The maximum Gasteiger partial charge on any atom is 0.247 e. The van der Waals surface area contributed by atoms with Crippen molar-refractivity contribution in [2.75, 3.05) is 36.4 Å². The van der Waals surface area contributed by atoms with E-state index in [0.717, 1.165) is 36.5 Å². The minimum Gasteiger partial charge on any atom is -0.366 e. The van der Waals surface area contributed by atoms with Gasteiger partial charge in [0.25, 0.3) is 0 Å². The Hall–Kier alpha value is -3.90. The third-order valence-corrected chi connectivity index (χ3v) is 6.51. The van der Waals surface area contributed by atoms with Crippen molar-refractivity contribution < 1.29 is 4.79 Å². The highest BCUT2D eigenvalue weighted by molar-refractivity contribution is 5.77. The molecule has 1 aromatic carbocycles. The molecule has 5 rings (SSSR count). The number of nitriles is 1. The predicted octanol–water partition coefficient (Wildman–Crippen LogP) is 2.63. The molecule has 0 spiro atoms. The lowest BCUT2D eigenvalue weighted by molar-refractivity contribution is -0.117. The molecule has 3 aromatic rings. The summed E-state index contributed by atoms with van der Waals surface area (Å²) >= 11 is 0. The number of carbonyl (C=O) groups excluding carboxylic acids is 1. The molecule has 0 radical (unpaired) electrons. The summed E-state index contributed by atoms with van der Waals surface area (Å²) in [5, 5.41) is 19.1. The topological polar surface area (TPSA) is 102 Å². The first kappa shape index (κ1) is 21.9. The first-order valence-electron chi connectivity index (χ1n) is 11.5. The summed E-state index contributed by atoms with van der Waals surface area (Å²) in [6.45, 7) is 6.12. The molecule has 2 N–H and O–H groups in total. The predicted molar refractivity (Wildman–Crippen MR) is 130 cm³/mol. The number of aromatic nitrogens is 3. The maximum absolute atomic E-state index is 11.3. The average molecular weight is 457 g/mol. The van der Waals surface area contributed by atoms with Gasteiger partial charge in [-0.2, -0.15) is 10.2 Å². The molecule has 2 aliphatic heterocycles. The zero-order valence-corrected chi connectivity index (χ0v) is 19.5. The molecule has 0 unspecified atom stereocenters. The monoisotopic (exact) mass is 456 g/mol. The zero-order valence-electron chi connectivity index (χ0n) is 19.5. The van der Waals surface area contributed by atoms with Crippen LogP contribution in [0, 0.1) is 11.3 Å². The summed E-state index contributed by atoms with van der Waals surface area (Å²) in [6, 6.07) is 15.1. The summed E-state index contributed by atoms with van der Waals surface area (Å²) in [4.78, 5) is 18.3. The highest BCUT2D eigenvalue weighted by Gasteiger charge is 2.45. The number of hydrogen-bond donors (Lipinski definition) is 2. The van der Waals surface area contributed by atoms with E-state index in [4.69, 9.17) is 4.98 Å². The van der Waals surface area contributed by atoms with Gasteiger partial charge < -0.3 is 15.2 Å². The molecule has 9 heteroatoms. The molecule has 0 amide bonds. The Morgan fingerprint density at radius 1 is 1.26 bits per heavy atom. The van der Waals surface area contributed by atoms with Crippen LogP contribution in [0.5, 0.6) is 0 Å². The van der Waals surface area contributed by atoms with Crippen LogP contribution in [-0.4, -0.2) is 51.6 Å². The van der Waals surface area contributed by atoms with E-state index < -0.39 is 0 Å². The number of aryl methyl sites for hydroxylation is 1. The van der Waals surface area contributed by atoms with Crippen molar-refractivity contribution in [1.29, 1.82) is 5.26 Å². The number of benzene rings is 1. The second kappa shape index (κ2) is 8.80. The van der Waals surface area contributed by atoms with Crippen LogP contribution in [0.25, 0.3) is 5.65 Å². The summed E-state index contributed by atoms with van der Waals surface area (Å²) < 4.78 is 1.77. The van der Waals surface area contributed by atoms with Crippen LogP contribution >= 0.6 is 0 Å². The SMILES string of the molecule is CCc1ccc(C2(CC#N)CN(c3cccn4nc(NC5=CN(CC(C)=O)NC5)nc34)C2)cc1. The van der Waals surface area contributed by atoms with Gasteiger partial charge in [0.05, 0.1) is 30.5 Å². The fraction of sp³-hybridized carbons (Fsp3) is 0.360. The van der Waals surface area contributed by atoms with Gasteiger partial charge in [0.2, 0.25) is 5.95 Å². The molecule has 0 bridgehead atoms. The van der Waals surface area contributed by atoms with Crippen LogP contribution in [0.15, 0.2) is 54.5 Å². The first-order chi connectivity index (χ1) is 16.5. The molecule has 174 valence electrons. The van der Waals surface area contributed by atoms with Gasteiger partial charge >= 0.3 is 0 Å². The number of hydrazine groups is 1. The highest BCUT2D eigenvalue weighted by atomic mass is 16.1. The molecule has 2 aliphatic rings. The number of nitrogens with zero attached hydrogens (tertiary/aromatic N) is 6. The molecule has 0 saturated carbocycles. The minimum atomic E-state index is -0.171. The number of hydrogen-bond acceptors (Lipinski definition) is 8. The molecule has 1 fully saturated rings. The molecule has 9 nitrogen and oxygen atoms in total. The number of carbonyl (C=O) groups is 1. The van der Waals surface area contributed by atoms with E-state index in [9.17, 15) is 10.1 Å². The van der Waals surface area contributed by atoms with E-state index in [0.29, 0.717) is 25.5 Å². The quantitative estimate of drug-likeness (QED) is 0.533. The molecular weight excluding hydrogens is 428 g/mol. The molecule has 2 aromatic heterocycles. The number of rotatable bonds is 8. The first-order valence-corrected chi connectivity index (χ1v) is 11.5. The fourth-order valence-corrected chi connectivity index (χ4v) is 4.72. The van der Waals surface area contributed by atoms with Crippen LogP contribution in [-0.2, 0) is 16.6 Å². The Morgan fingerprint density at radius 2 is 2.06 bits per heavy atom. The van der Waals surface area contributed by atoms with E-state index in [1.54, 1.807) is 16.4 Å². The van der Waals surface area contributed by atoms with Gasteiger partial charge in [0.15, 0.2) is 11.4 Å². The normalized spacial score (nSPS) is 16.8. The van der Waals surface area contributed by atoms with Gasteiger partial charge in [-0.1, -0.05) is 31.2 Å². The second-order valence-electron chi connectivity index (χ2n) is 9.06. The van der Waals surface area contributed by atoms with Gasteiger partial charge in [-0.3, -0.25) is 4.79 Å². The van der Waals surface area contributed by atoms with Crippen LogP contribution < -0.4 is 15.6 Å². The molecule has 34 heavy (non-hydrogen) atoms. The largest absolute Gasteiger partial charge is 0.366 e. The van der Waals surface area contributed by atoms with E-state index in [1.807, 2.05) is 18.5 Å². The Morgan fingerprint density at radius 3 is 2.76 bits per heavy atom. The maximum atomic E-state index is 11.3. The van der Waals surface area contributed by atoms with Crippen molar-refractivity contribution in [2.24, 2.45) is 0 Å². The van der Waals surface area contributed by atoms with Gasteiger partial charge in [0, 0.05) is 37.3 Å². The molecular formula is C25H28N8O. The lowest BCUT2D eigenvalue weighted by Gasteiger charge is -2.50. The third kappa shape index (κ3) is 4.08. The Bertz CT molecular complexity index is 1280. The number of pyridine rings is 1. The number of nitrogens with one attached hydrogen (secondary N) is 2. The Balaban J connectivity index is 1.35. The number of ketones is 1. The van der Waals surface area contributed by atoms with E-state index >= 15 is 0 Å². The smallest absolute Gasteiger partial charge is 0.247 e. The Kier molecular flexibility index (Phi) is 5.67. The van der Waals surface area contributed by atoms with Crippen LogP contribution in [0.4, 0.5) is 11.6 Å². The molecule has 4 heterocycles. The minimum absolute atomic E-state index is 0.0869. The van der Waals surface area contributed by atoms with Crippen molar-refractivity contribution in [3.05, 3.63) is 65.6 Å². The van der Waals surface area contributed by atoms with Crippen molar-refractivity contribution in [2.45, 2.75) is 32.1 Å². The van der Waals surface area contributed by atoms with Gasteiger partial charge in [-0.05, 0) is 36.6 Å². The number of anilines is 2. The summed E-state index contributed by atoms with van der Waals surface area (Å²) in [7, 11) is 0. The fourth-order valence-electron chi connectivity index (χ4n) is 4.72. The Labute approximate surface area is 198 Å². The molecule has 1 saturated heterocycles. The number of fused-ring (bicyclic) bond motifs is 1. The highest BCUT2D eigenvalue weighted by Crippen LogP contribution is 2.41. The summed E-state index contributed by atoms with van der Waals surface area (Å²) in [5.41, 5.74) is 8.15. The van der Waals surface area contributed by atoms with Gasteiger partial charge in [-0.15, -0.1) is 5.10 Å². The van der Waals surface area contributed by atoms with Crippen molar-refractivity contribution in [3.8, 4) is 6.07 Å². The second-order valence-corrected chi connectivity index (χ2v) is 9.06. The third-order valence-electron chi connectivity index (χ3n) is 6.51. The summed E-state index contributed by atoms with van der Waals surface area (Å²) in [6.07, 6.45) is 5.23. The van der Waals surface area contributed by atoms with E-state index in [2.05, 4.69) is 64.1 Å². The molecule has 0 atom stereocenters. The number of Topliss-reactive ketones (excluding diaryl/α,β-unsaturated/α-hetero) is 1. The summed E-state index contributed by atoms with van der Waals surface area (Å²) in [5.74, 6) is 0.591. The van der Waals surface area contributed by atoms with E-state index in [-0.39, 0.29) is 11.2 Å². The van der Waals surface area contributed by atoms with Crippen molar-refractivity contribution >= 4 is 23.1 Å². The van der Waals surface area contributed by atoms with Gasteiger partial charge in [0.1, 0.15) is 0 Å². The van der Waals surface area contributed by atoms with Gasteiger partial charge in [-0.25, -0.2) is 9.94 Å². The van der Waals surface area contributed by atoms with Crippen molar-refractivity contribution in [1.82, 2.24) is 25.0 Å². The zero-order chi connectivity index (χ0) is 23.7. The lowest BCUT2D eigenvalue weighted by Crippen LogP contribution is -2.59.